The van der Waals surface area contributed by atoms with Crippen molar-refractivity contribution in [2.45, 2.75) is 309 Å². The first-order valence-corrected chi connectivity index (χ1v) is 34.9. The molecule has 0 radical (unpaired) electrons. The van der Waals surface area contributed by atoms with Gasteiger partial charge in [0.05, 0.1) is 33.8 Å². The van der Waals surface area contributed by atoms with Gasteiger partial charge < -0.3 is 19.4 Å². The van der Waals surface area contributed by atoms with Gasteiger partial charge in [-0.15, -0.1) is 0 Å². The summed E-state index contributed by atoms with van der Waals surface area (Å²) < 4.78 is 30.7. The average Bonchev–Trinajstić information content (AvgIpc) is 3.42. The molecular weight excluding hydrogens is 1010 g/mol. The van der Waals surface area contributed by atoms with E-state index in [0.717, 1.165) is 89.9 Å². The van der Waals surface area contributed by atoms with Crippen LogP contribution in [0.25, 0.3) is 0 Å². The third-order valence-electron chi connectivity index (χ3n) is 14.6. The van der Waals surface area contributed by atoms with Gasteiger partial charge in [0.15, 0.2) is 0 Å². The number of hydrogen-bond acceptors (Lipinski definition) is 6. The zero-order chi connectivity index (χ0) is 58.6. The van der Waals surface area contributed by atoms with Crippen LogP contribution >= 0.6 is 7.82 Å². The van der Waals surface area contributed by atoms with Crippen LogP contribution in [0.15, 0.2) is 85.1 Å². The summed E-state index contributed by atoms with van der Waals surface area (Å²) in [7, 11) is 1.47. The van der Waals surface area contributed by atoms with Gasteiger partial charge in [-0.1, -0.05) is 267 Å². The average molecular weight is 1140 g/mol. The number of nitrogens with one attached hydrogen (secondary N) is 1. The summed E-state index contributed by atoms with van der Waals surface area (Å²) in [6.45, 7) is 6.87. The molecule has 0 aliphatic carbocycles. The highest BCUT2D eigenvalue weighted by Crippen LogP contribution is 2.43. The molecule has 0 bridgehead atoms. The Hall–Kier alpha value is -2.81. The van der Waals surface area contributed by atoms with Crippen molar-refractivity contribution in [2.75, 3.05) is 40.9 Å². The molecule has 0 aliphatic rings. The highest BCUT2D eigenvalue weighted by atomic mass is 31.2. The van der Waals surface area contributed by atoms with Crippen molar-refractivity contribution in [2.24, 2.45) is 0 Å². The lowest BCUT2D eigenvalue weighted by Crippen LogP contribution is -2.47. The van der Waals surface area contributed by atoms with Gasteiger partial charge in [-0.3, -0.25) is 18.6 Å². The van der Waals surface area contributed by atoms with Crippen molar-refractivity contribution in [1.82, 2.24) is 5.32 Å². The van der Waals surface area contributed by atoms with Gasteiger partial charge in [-0.2, -0.15) is 0 Å². The van der Waals surface area contributed by atoms with Crippen LogP contribution in [0.2, 0.25) is 0 Å². The van der Waals surface area contributed by atoms with Crippen molar-refractivity contribution in [3.63, 3.8) is 0 Å². The maximum Gasteiger partial charge on any atom is 0.472 e. The monoisotopic (exact) mass is 1140 g/mol. The lowest BCUT2D eigenvalue weighted by molar-refractivity contribution is -0.870. The molecule has 0 rings (SSSR count). The van der Waals surface area contributed by atoms with Crippen LogP contribution in [0.3, 0.4) is 0 Å². The van der Waals surface area contributed by atoms with Gasteiger partial charge in [0.2, 0.25) is 5.91 Å². The Labute approximate surface area is 495 Å². The Morgan fingerprint density at radius 2 is 0.800 bits per heavy atom. The Bertz CT molecular complexity index is 1640. The van der Waals surface area contributed by atoms with Crippen LogP contribution in [0, 0.1) is 0 Å². The molecule has 0 saturated carbocycles. The van der Waals surface area contributed by atoms with E-state index < -0.39 is 20.0 Å². The summed E-state index contributed by atoms with van der Waals surface area (Å²) >= 11 is 0. The van der Waals surface area contributed by atoms with Crippen LogP contribution < -0.4 is 5.32 Å². The second kappa shape index (κ2) is 59.4. The Kier molecular flexibility index (Phi) is 57.3. The summed E-state index contributed by atoms with van der Waals surface area (Å²) in [4.78, 5) is 37.8. The zero-order valence-corrected chi connectivity index (χ0v) is 54.0. The number of rotatable bonds is 60. The largest absolute Gasteiger partial charge is 0.472 e. The fourth-order valence-electron chi connectivity index (χ4n) is 9.43. The molecule has 0 heterocycles. The number of amides is 1. The molecule has 0 aromatic carbocycles. The fourth-order valence-corrected chi connectivity index (χ4v) is 10.2. The summed E-state index contributed by atoms with van der Waals surface area (Å²) in [5, 5.41) is 3.04. The minimum absolute atomic E-state index is 0.0314. The molecule has 1 amide bonds. The standard InChI is InChI=1S/C70H127N2O7P/c1-7-10-13-16-19-22-25-28-30-32-33-34-35-36-37-38-39-40-42-45-48-51-54-57-60-63-70(74)79-68(61-58-55-52-49-46-43-27-24-21-18-15-12-9-3)67(66-78-80(75,76)77-65-64-72(4,5)6)71-69(73)62-59-56-53-50-47-44-41-31-29-26-23-20-17-14-11-8-2/h11,14,19-20,22-23,28-31,44,47,58,61,67-68H,7-10,12-13,15-18,21,24-27,32-43,45-46,48-57,59-60,62-66H2,1-6H3,(H-,71,73,75,76)/p+1/b14-11+,22-19-,23-20+,30-28-,31-29+,47-44+,61-58-. The molecule has 10 heteroatoms. The molecule has 3 unspecified atom stereocenters. The molecule has 0 aromatic heterocycles. The topological polar surface area (TPSA) is 111 Å². The first-order chi connectivity index (χ1) is 38.9. The van der Waals surface area contributed by atoms with Crippen molar-refractivity contribution in [3.05, 3.63) is 85.1 Å². The number of carbonyl (C=O) groups excluding carboxylic acids is 2. The van der Waals surface area contributed by atoms with E-state index in [-0.39, 0.29) is 31.5 Å². The minimum atomic E-state index is -4.46. The summed E-state index contributed by atoms with van der Waals surface area (Å²) in [6, 6.07) is -0.868. The van der Waals surface area contributed by atoms with Crippen LogP contribution in [0.1, 0.15) is 297 Å². The molecule has 80 heavy (non-hydrogen) atoms. The van der Waals surface area contributed by atoms with E-state index in [1.807, 2.05) is 33.3 Å². The fraction of sp³-hybridized carbons (Fsp3) is 0.771. The normalized spacial score (nSPS) is 14.1. The molecule has 0 aliphatic heterocycles. The third-order valence-corrected chi connectivity index (χ3v) is 15.6. The first kappa shape index (κ1) is 77.2. The van der Waals surface area contributed by atoms with Gasteiger partial charge in [-0.05, 0) is 102 Å². The smallest absolute Gasteiger partial charge is 0.456 e. The van der Waals surface area contributed by atoms with E-state index in [1.165, 1.54) is 167 Å². The number of nitrogens with zero attached hydrogens (tertiary/aromatic N) is 1. The Morgan fingerprint density at radius 1 is 0.450 bits per heavy atom. The maximum atomic E-state index is 13.6. The number of quaternary nitrogens is 1. The van der Waals surface area contributed by atoms with Crippen LogP contribution in [0.4, 0.5) is 0 Å². The number of carbonyl (C=O) groups is 2. The molecule has 0 fully saturated rings. The summed E-state index contributed by atoms with van der Waals surface area (Å²) in [5.74, 6) is -0.537. The van der Waals surface area contributed by atoms with Crippen molar-refractivity contribution in [3.8, 4) is 0 Å². The van der Waals surface area contributed by atoms with Crippen LogP contribution in [0.5, 0.6) is 0 Å². The number of ether oxygens (including phenoxy) is 1. The highest BCUT2D eigenvalue weighted by Gasteiger charge is 2.30. The number of phosphoric acid groups is 1. The number of phosphoric ester groups is 1. The third kappa shape index (κ3) is 59.8. The molecule has 0 aromatic rings. The molecule has 0 saturated heterocycles. The maximum absolute atomic E-state index is 13.6. The molecular formula is C70H128N2O7P+. The van der Waals surface area contributed by atoms with Gasteiger partial charge >= 0.3 is 13.8 Å². The van der Waals surface area contributed by atoms with Gasteiger partial charge in [0.1, 0.15) is 19.3 Å². The van der Waals surface area contributed by atoms with E-state index in [9.17, 15) is 19.0 Å². The van der Waals surface area contributed by atoms with E-state index in [2.05, 4.69) is 99.0 Å². The van der Waals surface area contributed by atoms with Crippen molar-refractivity contribution < 1.29 is 37.3 Å². The highest BCUT2D eigenvalue weighted by molar-refractivity contribution is 7.47. The molecule has 9 nitrogen and oxygen atoms in total. The number of unbranched alkanes of at least 4 members (excludes halogenated alkanes) is 32. The first-order valence-electron chi connectivity index (χ1n) is 33.4. The minimum Gasteiger partial charge on any atom is -0.456 e. The van der Waals surface area contributed by atoms with Crippen LogP contribution in [-0.4, -0.2) is 74.3 Å². The van der Waals surface area contributed by atoms with Gasteiger partial charge in [-0.25, -0.2) is 4.57 Å². The number of likely N-dealkylation sites (N-methyl/N-ethyl adjacent to an activating group) is 1. The lowest BCUT2D eigenvalue weighted by Gasteiger charge is -2.27. The molecule has 2 N–H and O–H groups in total. The van der Waals surface area contributed by atoms with Gasteiger partial charge in [0, 0.05) is 12.8 Å². The predicted octanol–water partition coefficient (Wildman–Crippen LogP) is 21.0. The number of hydrogen-bond donors (Lipinski definition) is 2. The second-order valence-corrected chi connectivity index (χ2v) is 25.1. The zero-order valence-electron chi connectivity index (χ0n) is 53.1. The second-order valence-electron chi connectivity index (χ2n) is 23.6. The number of esters is 1. The predicted molar refractivity (Wildman–Crippen MR) is 346 cm³/mol. The Balaban J connectivity index is 5.15. The SMILES string of the molecule is CC/C=C/C/C=C/C/C=C/C/C=C/CCCCCC(=O)NC(COP(=O)(O)OCC[N+](C)(C)C)C(/C=C\CCCCCCCCCCCCC)OC(=O)CCCCCCCCCCCCCCCCC/C=C\C/C=C\CCCCC. The molecule has 0 spiro atoms. The van der Waals surface area contributed by atoms with Gasteiger partial charge in [0.25, 0.3) is 0 Å². The quantitative estimate of drug-likeness (QED) is 0.0205. The summed E-state index contributed by atoms with van der Waals surface area (Å²) in [6.07, 6.45) is 78.8. The van der Waals surface area contributed by atoms with Crippen molar-refractivity contribution in [1.29, 1.82) is 0 Å². The Morgan fingerprint density at radius 3 is 1.24 bits per heavy atom. The molecule has 3 atom stereocenters. The lowest BCUT2D eigenvalue weighted by atomic mass is 10.0. The van der Waals surface area contributed by atoms with E-state index in [4.69, 9.17) is 13.8 Å². The van der Waals surface area contributed by atoms with Crippen LogP contribution in [-0.2, 0) is 27.9 Å². The van der Waals surface area contributed by atoms with E-state index >= 15 is 0 Å². The summed E-state index contributed by atoms with van der Waals surface area (Å²) in [5.41, 5.74) is 0. The molecule has 464 valence electrons. The van der Waals surface area contributed by atoms with E-state index in [1.54, 1.807) is 0 Å². The number of allylic oxidation sites excluding steroid dienone is 13. The van der Waals surface area contributed by atoms with E-state index in [0.29, 0.717) is 23.9 Å². The van der Waals surface area contributed by atoms with Crippen molar-refractivity contribution >= 4 is 19.7 Å².